The summed E-state index contributed by atoms with van der Waals surface area (Å²) in [5.74, 6) is 0.498. The highest BCUT2D eigenvalue weighted by molar-refractivity contribution is 6.00. The number of nitrogen functional groups attached to an aromatic ring is 1. The number of amides is 1. The van der Waals surface area contributed by atoms with Crippen LogP contribution in [0.15, 0.2) is 18.2 Å². The number of rotatable bonds is 1. The first-order valence-electron chi connectivity index (χ1n) is 4.71. The highest BCUT2D eigenvalue weighted by Gasteiger charge is 2.30. The van der Waals surface area contributed by atoms with E-state index in [1.165, 1.54) is 4.90 Å². The van der Waals surface area contributed by atoms with Gasteiger partial charge in [0, 0.05) is 5.69 Å². The van der Waals surface area contributed by atoms with Gasteiger partial charge in [0.05, 0.1) is 12.4 Å². The number of ether oxygens (including phenoxy) is 1. The standard InChI is InChI=1S/C10H13N3O2/c1-6-10(14)13(5-11)8-4-7(12)2-3-9(8)15-6/h2-4,6H,5,11-12H2,1H3. The lowest BCUT2D eigenvalue weighted by molar-refractivity contribution is -0.125. The number of nitrogens with two attached hydrogens (primary N) is 2. The van der Waals surface area contributed by atoms with Gasteiger partial charge in [-0.15, -0.1) is 0 Å². The minimum Gasteiger partial charge on any atom is -0.479 e. The molecule has 0 saturated carbocycles. The van der Waals surface area contributed by atoms with E-state index in [2.05, 4.69) is 0 Å². The Morgan fingerprint density at radius 2 is 2.27 bits per heavy atom. The summed E-state index contributed by atoms with van der Waals surface area (Å²) in [5, 5.41) is 0. The Hall–Kier alpha value is -1.75. The number of carbonyl (C=O) groups is 1. The Balaban J connectivity index is 2.51. The summed E-state index contributed by atoms with van der Waals surface area (Å²) in [4.78, 5) is 13.2. The zero-order valence-electron chi connectivity index (χ0n) is 8.43. The molecule has 1 heterocycles. The molecule has 2 rings (SSSR count). The van der Waals surface area contributed by atoms with Crippen LogP contribution in [-0.2, 0) is 4.79 Å². The molecule has 1 aliphatic heterocycles. The van der Waals surface area contributed by atoms with Crippen molar-refractivity contribution in [2.75, 3.05) is 17.3 Å². The van der Waals surface area contributed by atoms with Crippen LogP contribution in [0, 0.1) is 0 Å². The van der Waals surface area contributed by atoms with Gasteiger partial charge in [-0.1, -0.05) is 0 Å². The fourth-order valence-corrected chi connectivity index (χ4v) is 1.61. The van der Waals surface area contributed by atoms with E-state index >= 15 is 0 Å². The first-order valence-corrected chi connectivity index (χ1v) is 4.71. The minimum atomic E-state index is -0.496. The molecule has 0 spiro atoms. The smallest absolute Gasteiger partial charge is 0.268 e. The molecule has 0 radical (unpaired) electrons. The third kappa shape index (κ3) is 1.50. The molecule has 0 aromatic heterocycles. The molecule has 0 bridgehead atoms. The second-order valence-corrected chi connectivity index (χ2v) is 3.44. The van der Waals surface area contributed by atoms with Crippen LogP contribution >= 0.6 is 0 Å². The van der Waals surface area contributed by atoms with E-state index in [1.807, 2.05) is 0 Å². The molecule has 1 aromatic carbocycles. The predicted molar refractivity (Wildman–Crippen MR) is 57.5 cm³/mol. The molecule has 1 aliphatic rings. The number of fused-ring (bicyclic) bond motifs is 1. The fraction of sp³-hybridized carbons (Fsp3) is 0.300. The van der Waals surface area contributed by atoms with Crippen molar-refractivity contribution < 1.29 is 9.53 Å². The third-order valence-corrected chi connectivity index (χ3v) is 2.37. The van der Waals surface area contributed by atoms with Gasteiger partial charge in [-0.25, -0.2) is 0 Å². The Labute approximate surface area is 87.6 Å². The summed E-state index contributed by atoms with van der Waals surface area (Å²) in [6, 6.07) is 5.16. The van der Waals surface area contributed by atoms with Gasteiger partial charge in [-0.05, 0) is 25.1 Å². The van der Waals surface area contributed by atoms with E-state index in [9.17, 15) is 4.79 Å². The van der Waals surface area contributed by atoms with Crippen molar-refractivity contribution in [3.63, 3.8) is 0 Å². The number of benzene rings is 1. The minimum absolute atomic E-state index is 0.128. The Kier molecular flexibility index (Phi) is 2.24. The van der Waals surface area contributed by atoms with Crippen LogP contribution in [0.3, 0.4) is 0 Å². The first-order chi connectivity index (χ1) is 7.13. The van der Waals surface area contributed by atoms with Crippen LogP contribution in [0.25, 0.3) is 0 Å². The second kappa shape index (κ2) is 3.43. The highest BCUT2D eigenvalue weighted by atomic mass is 16.5. The summed E-state index contributed by atoms with van der Waals surface area (Å²) >= 11 is 0. The topological polar surface area (TPSA) is 81.6 Å². The number of carbonyl (C=O) groups excluding carboxylic acids is 1. The molecular formula is C10H13N3O2. The number of hydrogen-bond acceptors (Lipinski definition) is 4. The van der Waals surface area contributed by atoms with Gasteiger partial charge in [-0.2, -0.15) is 0 Å². The summed E-state index contributed by atoms with van der Waals surface area (Å²) in [6.07, 6.45) is -0.496. The van der Waals surface area contributed by atoms with Crippen molar-refractivity contribution in [2.45, 2.75) is 13.0 Å². The normalized spacial score (nSPS) is 19.7. The SMILES string of the molecule is CC1Oc2ccc(N)cc2N(CN)C1=O. The van der Waals surface area contributed by atoms with Crippen LogP contribution < -0.4 is 21.1 Å². The molecule has 1 atom stereocenters. The van der Waals surface area contributed by atoms with Crippen molar-refractivity contribution in [3.8, 4) is 5.75 Å². The second-order valence-electron chi connectivity index (χ2n) is 3.44. The maximum Gasteiger partial charge on any atom is 0.268 e. The average molecular weight is 207 g/mol. The van der Waals surface area contributed by atoms with Gasteiger partial charge in [0.25, 0.3) is 5.91 Å². The number of anilines is 2. The van der Waals surface area contributed by atoms with E-state index in [4.69, 9.17) is 16.2 Å². The summed E-state index contributed by atoms with van der Waals surface area (Å²) in [6.45, 7) is 1.83. The van der Waals surface area contributed by atoms with Crippen LogP contribution in [0.1, 0.15) is 6.92 Å². The largest absolute Gasteiger partial charge is 0.479 e. The van der Waals surface area contributed by atoms with E-state index in [-0.39, 0.29) is 12.6 Å². The predicted octanol–water partition coefficient (Wildman–Crippen LogP) is 0.299. The number of hydrogen-bond donors (Lipinski definition) is 2. The molecule has 15 heavy (non-hydrogen) atoms. The molecular weight excluding hydrogens is 194 g/mol. The van der Waals surface area contributed by atoms with Gasteiger partial charge in [0.15, 0.2) is 6.10 Å². The molecule has 1 amide bonds. The van der Waals surface area contributed by atoms with Crippen molar-refractivity contribution in [1.82, 2.24) is 0 Å². The van der Waals surface area contributed by atoms with Crippen LogP contribution in [0.2, 0.25) is 0 Å². The lowest BCUT2D eigenvalue weighted by Crippen LogP contribution is -2.47. The monoisotopic (exact) mass is 207 g/mol. The Morgan fingerprint density at radius 3 is 2.93 bits per heavy atom. The number of nitrogens with zero attached hydrogens (tertiary/aromatic N) is 1. The maximum absolute atomic E-state index is 11.7. The third-order valence-electron chi connectivity index (χ3n) is 2.37. The van der Waals surface area contributed by atoms with Gasteiger partial charge >= 0.3 is 0 Å². The lowest BCUT2D eigenvalue weighted by atomic mass is 10.2. The fourth-order valence-electron chi connectivity index (χ4n) is 1.61. The molecule has 5 heteroatoms. The summed E-state index contributed by atoms with van der Waals surface area (Å²) < 4.78 is 5.43. The molecule has 4 N–H and O–H groups in total. The van der Waals surface area contributed by atoms with E-state index < -0.39 is 6.10 Å². The quantitative estimate of drug-likeness (QED) is 0.649. The van der Waals surface area contributed by atoms with Gasteiger partial charge in [0.2, 0.25) is 0 Å². The molecule has 0 fully saturated rings. The molecule has 0 saturated heterocycles. The summed E-state index contributed by atoms with van der Waals surface area (Å²) in [7, 11) is 0. The molecule has 80 valence electrons. The van der Waals surface area contributed by atoms with E-state index in [0.717, 1.165) is 0 Å². The highest BCUT2D eigenvalue weighted by Crippen LogP contribution is 2.34. The zero-order valence-corrected chi connectivity index (χ0v) is 8.43. The van der Waals surface area contributed by atoms with E-state index in [0.29, 0.717) is 17.1 Å². The zero-order chi connectivity index (χ0) is 11.0. The van der Waals surface area contributed by atoms with Crippen molar-refractivity contribution >= 4 is 17.3 Å². The average Bonchev–Trinajstić information content (AvgIpc) is 2.21. The van der Waals surface area contributed by atoms with Crippen LogP contribution in [0.4, 0.5) is 11.4 Å². The summed E-state index contributed by atoms with van der Waals surface area (Å²) in [5.41, 5.74) is 12.4. The molecule has 1 aromatic rings. The van der Waals surface area contributed by atoms with E-state index in [1.54, 1.807) is 25.1 Å². The van der Waals surface area contributed by atoms with Crippen molar-refractivity contribution in [3.05, 3.63) is 18.2 Å². The molecule has 5 nitrogen and oxygen atoms in total. The maximum atomic E-state index is 11.7. The van der Waals surface area contributed by atoms with Crippen molar-refractivity contribution in [2.24, 2.45) is 5.73 Å². The first kappa shape index (κ1) is 9.79. The molecule has 0 aliphatic carbocycles. The lowest BCUT2D eigenvalue weighted by Gasteiger charge is -2.32. The Morgan fingerprint density at radius 1 is 1.53 bits per heavy atom. The van der Waals surface area contributed by atoms with Crippen molar-refractivity contribution in [1.29, 1.82) is 0 Å². The Bertz CT molecular complexity index is 406. The van der Waals surface area contributed by atoms with Gasteiger partial charge in [-0.3, -0.25) is 9.69 Å². The van der Waals surface area contributed by atoms with Gasteiger partial charge < -0.3 is 16.2 Å². The van der Waals surface area contributed by atoms with Crippen LogP contribution in [0.5, 0.6) is 5.75 Å². The van der Waals surface area contributed by atoms with Crippen LogP contribution in [-0.4, -0.2) is 18.7 Å². The molecule has 1 unspecified atom stereocenters. The van der Waals surface area contributed by atoms with Gasteiger partial charge in [0.1, 0.15) is 5.75 Å².